The summed E-state index contributed by atoms with van der Waals surface area (Å²) >= 11 is 6.20. The highest BCUT2D eigenvalue weighted by Crippen LogP contribution is 2.29. The molecular weight excluding hydrogens is 356 g/mol. The number of carbonyl (C=O) groups excluding carboxylic acids is 1. The molecule has 1 aliphatic heterocycles. The molecule has 1 atom stereocenters. The van der Waals surface area contributed by atoms with Crippen LogP contribution in [0.1, 0.15) is 32.6 Å². The van der Waals surface area contributed by atoms with E-state index in [4.69, 9.17) is 21.1 Å². The Balaban J connectivity index is 1.63. The van der Waals surface area contributed by atoms with Crippen molar-refractivity contribution in [1.29, 1.82) is 0 Å². The number of carbonyl (C=O) groups is 1. The monoisotopic (exact) mass is 382 g/mol. The van der Waals surface area contributed by atoms with Crippen molar-refractivity contribution in [3.8, 4) is 5.88 Å². The Morgan fingerprint density at radius 3 is 2.69 bits per heavy atom. The fourth-order valence-corrected chi connectivity index (χ4v) is 3.73. The molecule has 144 valence electrons. The molecule has 2 aliphatic rings. The lowest BCUT2D eigenvalue weighted by Gasteiger charge is -2.33. The molecule has 0 spiro atoms. The van der Waals surface area contributed by atoms with Crippen LogP contribution in [0.15, 0.2) is 6.07 Å². The quantitative estimate of drug-likeness (QED) is 0.745. The van der Waals surface area contributed by atoms with E-state index in [1.54, 1.807) is 11.0 Å². The van der Waals surface area contributed by atoms with Gasteiger partial charge in [-0.3, -0.25) is 4.79 Å². The first-order valence-electron chi connectivity index (χ1n) is 9.21. The maximum atomic E-state index is 12.1. The zero-order chi connectivity index (χ0) is 18.7. The number of morpholine rings is 1. The first-order valence-corrected chi connectivity index (χ1v) is 9.58. The van der Waals surface area contributed by atoms with Crippen LogP contribution in [0.3, 0.4) is 0 Å². The van der Waals surface area contributed by atoms with Crippen LogP contribution in [0.5, 0.6) is 5.88 Å². The maximum absolute atomic E-state index is 12.1. The maximum Gasteiger partial charge on any atom is 0.230 e. The van der Waals surface area contributed by atoms with E-state index in [0.29, 0.717) is 30.2 Å². The van der Waals surface area contributed by atoms with Crippen molar-refractivity contribution in [1.82, 2.24) is 14.9 Å². The number of rotatable bonds is 4. The number of hydrogen-bond donors (Lipinski definition) is 0. The highest BCUT2D eigenvalue weighted by atomic mass is 35.5. The van der Waals surface area contributed by atoms with Crippen molar-refractivity contribution < 1.29 is 14.3 Å². The summed E-state index contributed by atoms with van der Waals surface area (Å²) in [5, 5.41) is 0.375. The molecule has 26 heavy (non-hydrogen) atoms. The van der Waals surface area contributed by atoms with Crippen LogP contribution in [0.4, 0.5) is 5.95 Å². The number of ether oxygens (including phenoxy) is 2. The molecule has 0 unspecified atom stereocenters. The van der Waals surface area contributed by atoms with Crippen molar-refractivity contribution in [2.75, 3.05) is 38.8 Å². The Bertz CT molecular complexity index is 635. The number of aromatic nitrogens is 2. The molecule has 1 saturated carbocycles. The lowest BCUT2D eigenvalue weighted by Crippen LogP contribution is -2.44. The van der Waals surface area contributed by atoms with Crippen molar-refractivity contribution in [3.63, 3.8) is 0 Å². The zero-order valence-electron chi connectivity index (χ0n) is 15.7. The van der Waals surface area contributed by atoms with Crippen LogP contribution >= 0.6 is 11.6 Å². The molecule has 0 bridgehead atoms. The largest absolute Gasteiger partial charge is 0.474 e. The van der Waals surface area contributed by atoms with Gasteiger partial charge in [0, 0.05) is 32.6 Å². The average Bonchev–Trinajstić information content (AvgIpc) is 2.61. The molecule has 7 nitrogen and oxygen atoms in total. The second-order valence-corrected chi connectivity index (χ2v) is 7.66. The summed E-state index contributed by atoms with van der Waals surface area (Å²) in [5.74, 6) is 1.39. The van der Waals surface area contributed by atoms with Gasteiger partial charge in [-0.1, -0.05) is 11.6 Å². The van der Waals surface area contributed by atoms with Gasteiger partial charge >= 0.3 is 0 Å². The second-order valence-electron chi connectivity index (χ2n) is 7.27. The minimum Gasteiger partial charge on any atom is -0.474 e. The Kier molecular flexibility index (Phi) is 6.19. The molecule has 0 N–H and O–H groups in total. The van der Waals surface area contributed by atoms with E-state index in [2.05, 4.69) is 21.8 Å². The third-order valence-electron chi connectivity index (χ3n) is 5.04. The van der Waals surface area contributed by atoms with Crippen LogP contribution in [0.2, 0.25) is 5.15 Å². The van der Waals surface area contributed by atoms with Gasteiger partial charge in [0.2, 0.25) is 17.7 Å². The molecule has 2 heterocycles. The van der Waals surface area contributed by atoms with Gasteiger partial charge in [-0.05, 0) is 32.6 Å². The van der Waals surface area contributed by atoms with Crippen LogP contribution < -0.4 is 9.64 Å². The van der Waals surface area contributed by atoms with Crippen molar-refractivity contribution in [2.24, 2.45) is 5.92 Å². The van der Waals surface area contributed by atoms with E-state index in [1.165, 1.54) is 0 Å². The topological polar surface area (TPSA) is 67.8 Å². The highest BCUT2D eigenvalue weighted by molar-refractivity contribution is 6.29. The SMILES string of the molecule is C[C@H]1COCCN1c1nc(Cl)cc(O[C@H]2CC[C@H](C(=O)N(C)C)CC2)n1. The minimum atomic E-state index is 0.0575. The molecule has 0 radical (unpaired) electrons. The van der Waals surface area contributed by atoms with E-state index in [9.17, 15) is 4.79 Å². The zero-order valence-corrected chi connectivity index (χ0v) is 16.4. The first-order chi connectivity index (χ1) is 12.4. The van der Waals surface area contributed by atoms with Gasteiger partial charge in [0.15, 0.2) is 0 Å². The van der Waals surface area contributed by atoms with Gasteiger partial charge in [0.25, 0.3) is 0 Å². The summed E-state index contributed by atoms with van der Waals surface area (Å²) in [5.41, 5.74) is 0. The molecule has 1 saturated heterocycles. The van der Waals surface area contributed by atoms with E-state index in [-0.39, 0.29) is 24.0 Å². The van der Waals surface area contributed by atoms with Crippen molar-refractivity contribution >= 4 is 23.5 Å². The fraction of sp³-hybridized carbons (Fsp3) is 0.722. The molecule has 3 rings (SSSR count). The molecule has 1 amide bonds. The standard InChI is InChI=1S/C18H27ClN4O3/c1-12-11-25-9-8-23(12)18-20-15(19)10-16(21-18)26-14-6-4-13(5-7-14)17(24)22(2)3/h10,12-14H,4-9,11H2,1-3H3/t12-,13-,14-/m0/s1. The average molecular weight is 383 g/mol. The molecule has 1 aromatic heterocycles. The third kappa shape index (κ3) is 4.57. The van der Waals surface area contributed by atoms with E-state index in [0.717, 1.165) is 32.2 Å². The number of anilines is 1. The van der Waals surface area contributed by atoms with Crippen LogP contribution in [-0.4, -0.2) is 66.8 Å². The number of amides is 1. The first kappa shape index (κ1) is 19.2. The fourth-order valence-electron chi connectivity index (χ4n) is 3.56. The minimum absolute atomic E-state index is 0.0575. The summed E-state index contributed by atoms with van der Waals surface area (Å²) in [4.78, 5) is 24.8. The Labute approximate surface area is 159 Å². The van der Waals surface area contributed by atoms with Gasteiger partial charge in [0.1, 0.15) is 11.3 Å². The molecular formula is C18H27ClN4O3. The van der Waals surface area contributed by atoms with Crippen molar-refractivity contribution in [2.45, 2.75) is 44.8 Å². The van der Waals surface area contributed by atoms with E-state index < -0.39 is 0 Å². The summed E-state index contributed by atoms with van der Waals surface area (Å²) in [7, 11) is 3.62. The number of nitrogens with zero attached hydrogens (tertiary/aromatic N) is 4. The number of hydrogen-bond acceptors (Lipinski definition) is 6. The molecule has 2 fully saturated rings. The Morgan fingerprint density at radius 1 is 1.31 bits per heavy atom. The smallest absolute Gasteiger partial charge is 0.230 e. The van der Waals surface area contributed by atoms with Crippen molar-refractivity contribution in [3.05, 3.63) is 11.2 Å². The van der Waals surface area contributed by atoms with Gasteiger partial charge in [0.05, 0.1) is 19.3 Å². The second kappa shape index (κ2) is 8.39. The lowest BCUT2D eigenvalue weighted by molar-refractivity contribution is -0.134. The van der Waals surface area contributed by atoms with Gasteiger partial charge in [-0.2, -0.15) is 4.98 Å². The third-order valence-corrected chi connectivity index (χ3v) is 5.23. The summed E-state index contributed by atoms with van der Waals surface area (Å²) in [6.45, 7) is 4.11. The lowest BCUT2D eigenvalue weighted by atomic mass is 9.86. The van der Waals surface area contributed by atoms with Crippen LogP contribution in [0, 0.1) is 5.92 Å². The van der Waals surface area contributed by atoms with Gasteiger partial charge in [-0.25, -0.2) is 4.98 Å². The van der Waals surface area contributed by atoms with E-state index >= 15 is 0 Å². The molecule has 8 heteroatoms. The summed E-state index contributed by atoms with van der Waals surface area (Å²) in [6, 6.07) is 1.86. The van der Waals surface area contributed by atoms with Crippen LogP contribution in [0.25, 0.3) is 0 Å². The number of halogens is 1. The highest BCUT2D eigenvalue weighted by Gasteiger charge is 2.29. The normalized spacial score (nSPS) is 26.5. The van der Waals surface area contributed by atoms with Gasteiger partial charge in [-0.15, -0.1) is 0 Å². The summed E-state index contributed by atoms with van der Waals surface area (Å²) in [6.07, 6.45) is 3.42. The predicted octanol–water partition coefficient (Wildman–Crippen LogP) is 2.38. The van der Waals surface area contributed by atoms with E-state index in [1.807, 2.05) is 14.1 Å². The predicted molar refractivity (Wildman–Crippen MR) is 99.7 cm³/mol. The van der Waals surface area contributed by atoms with Crippen LogP contribution in [-0.2, 0) is 9.53 Å². The molecule has 1 aliphatic carbocycles. The van der Waals surface area contributed by atoms with Gasteiger partial charge < -0.3 is 19.3 Å². The Hall–Kier alpha value is -1.60. The molecule has 1 aromatic rings. The Morgan fingerprint density at radius 2 is 2.04 bits per heavy atom. The molecule has 0 aromatic carbocycles. The summed E-state index contributed by atoms with van der Waals surface area (Å²) < 4.78 is 11.5.